The average molecular weight is 275 g/mol. The molecular weight excluding hydrogens is 250 g/mol. The Morgan fingerprint density at radius 3 is 2.80 bits per heavy atom. The van der Waals surface area contributed by atoms with E-state index in [-0.39, 0.29) is 0 Å². The molecule has 0 bridgehead atoms. The molecule has 0 saturated carbocycles. The van der Waals surface area contributed by atoms with Gasteiger partial charge in [-0.2, -0.15) is 0 Å². The lowest BCUT2D eigenvalue weighted by molar-refractivity contribution is 0.0308. The number of pyridine rings is 1. The van der Waals surface area contributed by atoms with Crippen LogP contribution in [0.1, 0.15) is 24.8 Å². The molecule has 2 saturated heterocycles. The summed E-state index contributed by atoms with van der Waals surface area (Å²) in [4.78, 5) is 9.28. The van der Waals surface area contributed by atoms with Gasteiger partial charge in [0, 0.05) is 45.2 Å². The number of likely N-dealkylation sites (tertiary alicyclic amines) is 1. The average Bonchev–Trinajstić information content (AvgIpc) is 2.87. The molecule has 2 fully saturated rings. The molecule has 3 rings (SSSR count). The highest BCUT2D eigenvalue weighted by molar-refractivity contribution is 5.08. The lowest BCUT2D eigenvalue weighted by Crippen LogP contribution is -2.39. The Morgan fingerprint density at radius 1 is 1.15 bits per heavy atom. The van der Waals surface area contributed by atoms with E-state index >= 15 is 0 Å². The second-order valence-electron chi connectivity index (χ2n) is 5.95. The maximum atomic E-state index is 6.03. The van der Waals surface area contributed by atoms with Crippen molar-refractivity contribution < 1.29 is 4.74 Å². The SMILES string of the molecule is c1cncc(CN2CCCOC(CN3CCCC3)C2)c1. The number of aromatic nitrogens is 1. The molecule has 2 aliphatic rings. The first-order valence-electron chi connectivity index (χ1n) is 7.85. The fraction of sp³-hybridized carbons (Fsp3) is 0.688. The summed E-state index contributed by atoms with van der Waals surface area (Å²) in [5.74, 6) is 0. The zero-order chi connectivity index (χ0) is 13.6. The van der Waals surface area contributed by atoms with Crippen LogP contribution in [-0.2, 0) is 11.3 Å². The molecule has 4 heteroatoms. The smallest absolute Gasteiger partial charge is 0.0828 e. The van der Waals surface area contributed by atoms with Crippen LogP contribution in [-0.4, -0.2) is 60.2 Å². The van der Waals surface area contributed by atoms with Crippen LogP contribution in [0.15, 0.2) is 24.5 Å². The minimum absolute atomic E-state index is 0.368. The van der Waals surface area contributed by atoms with Crippen molar-refractivity contribution in [2.45, 2.75) is 31.9 Å². The summed E-state index contributed by atoms with van der Waals surface area (Å²) < 4.78 is 6.03. The van der Waals surface area contributed by atoms with Gasteiger partial charge in [0.2, 0.25) is 0 Å². The highest BCUT2D eigenvalue weighted by atomic mass is 16.5. The van der Waals surface area contributed by atoms with E-state index in [9.17, 15) is 0 Å². The topological polar surface area (TPSA) is 28.6 Å². The highest BCUT2D eigenvalue weighted by Crippen LogP contribution is 2.14. The zero-order valence-corrected chi connectivity index (χ0v) is 12.2. The molecular formula is C16H25N3O. The van der Waals surface area contributed by atoms with Gasteiger partial charge in [0.15, 0.2) is 0 Å². The molecule has 3 heterocycles. The number of hydrogen-bond donors (Lipinski definition) is 0. The van der Waals surface area contributed by atoms with E-state index in [1.54, 1.807) is 0 Å². The zero-order valence-electron chi connectivity index (χ0n) is 12.2. The van der Waals surface area contributed by atoms with E-state index in [0.29, 0.717) is 6.10 Å². The molecule has 0 N–H and O–H groups in total. The molecule has 0 aromatic carbocycles. The van der Waals surface area contributed by atoms with Crippen LogP contribution in [0.5, 0.6) is 0 Å². The second-order valence-corrected chi connectivity index (χ2v) is 5.95. The summed E-state index contributed by atoms with van der Waals surface area (Å²) in [7, 11) is 0. The maximum absolute atomic E-state index is 6.03. The summed E-state index contributed by atoms with van der Waals surface area (Å²) in [5.41, 5.74) is 1.30. The van der Waals surface area contributed by atoms with Gasteiger partial charge >= 0.3 is 0 Å². The van der Waals surface area contributed by atoms with Gasteiger partial charge in [-0.25, -0.2) is 0 Å². The third-order valence-electron chi connectivity index (χ3n) is 4.22. The number of rotatable bonds is 4. The van der Waals surface area contributed by atoms with Crippen molar-refractivity contribution in [1.29, 1.82) is 0 Å². The fourth-order valence-corrected chi connectivity index (χ4v) is 3.23. The number of ether oxygens (including phenoxy) is 1. The predicted octanol–water partition coefficient (Wildman–Crippen LogP) is 1.77. The quantitative estimate of drug-likeness (QED) is 0.837. The van der Waals surface area contributed by atoms with Crippen LogP contribution in [0.25, 0.3) is 0 Å². The van der Waals surface area contributed by atoms with Crippen molar-refractivity contribution >= 4 is 0 Å². The Balaban J connectivity index is 1.54. The first-order valence-corrected chi connectivity index (χ1v) is 7.85. The van der Waals surface area contributed by atoms with Crippen LogP contribution in [0, 0.1) is 0 Å². The predicted molar refractivity (Wildman–Crippen MR) is 79.5 cm³/mol. The van der Waals surface area contributed by atoms with Gasteiger partial charge in [-0.1, -0.05) is 6.07 Å². The number of nitrogens with zero attached hydrogens (tertiary/aromatic N) is 3. The van der Waals surface area contributed by atoms with E-state index < -0.39 is 0 Å². The van der Waals surface area contributed by atoms with Crippen molar-refractivity contribution in [2.75, 3.05) is 39.3 Å². The molecule has 110 valence electrons. The highest BCUT2D eigenvalue weighted by Gasteiger charge is 2.22. The van der Waals surface area contributed by atoms with Crippen molar-refractivity contribution in [3.63, 3.8) is 0 Å². The Bertz CT molecular complexity index is 392. The van der Waals surface area contributed by atoms with Gasteiger partial charge in [0.05, 0.1) is 6.10 Å². The van der Waals surface area contributed by atoms with Crippen molar-refractivity contribution in [3.8, 4) is 0 Å². The third-order valence-corrected chi connectivity index (χ3v) is 4.22. The normalized spacial score (nSPS) is 25.7. The minimum atomic E-state index is 0.368. The van der Waals surface area contributed by atoms with E-state index in [2.05, 4.69) is 20.9 Å². The molecule has 1 atom stereocenters. The summed E-state index contributed by atoms with van der Waals surface area (Å²) in [5, 5.41) is 0. The van der Waals surface area contributed by atoms with Crippen LogP contribution < -0.4 is 0 Å². The molecule has 0 amide bonds. The Labute approximate surface area is 121 Å². The third kappa shape index (κ3) is 4.01. The summed E-state index contributed by atoms with van der Waals surface area (Å²) in [6.45, 7) is 7.68. The van der Waals surface area contributed by atoms with Gasteiger partial charge < -0.3 is 9.64 Å². The molecule has 1 unspecified atom stereocenters. The van der Waals surface area contributed by atoms with Crippen molar-refractivity contribution in [2.24, 2.45) is 0 Å². The van der Waals surface area contributed by atoms with Crippen molar-refractivity contribution in [1.82, 2.24) is 14.8 Å². The monoisotopic (exact) mass is 275 g/mol. The lowest BCUT2D eigenvalue weighted by atomic mass is 10.2. The van der Waals surface area contributed by atoms with Gasteiger partial charge in [-0.15, -0.1) is 0 Å². The van der Waals surface area contributed by atoms with E-state index in [0.717, 1.165) is 39.2 Å². The molecule has 0 aliphatic carbocycles. The Morgan fingerprint density at radius 2 is 2.00 bits per heavy atom. The van der Waals surface area contributed by atoms with E-state index in [1.165, 1.54) is 31.5 Å². The van der Waals surface area contributed by atoms with Crippen LogP contribution in [0.3, 0.4) is 0 Å². The first-order chi connectivity index (χ1) is 9.90. The van der Waals surface area contributed by atoms with Crippen LogP contribution in [0.4, 0.5) is 0 Å². The van der Waals surface area contributed by atoms with E-state index in [4.69, 9.17) is 4.74 Å². The first kappa shape index (κ1) is 14.0. The van der Waals surface area contributed by atoms with E-state index in [1.807, 2.05) is 18.5 Å². The molecule has 4 nitrogen and oxygen atoms in total. The van der Waals surface area contributed by atoms with Gasteiger partial charge in [0.1, 0.15) is 0 Å². The summed E-state index contributed by atoms with van der Waals surface area (Å²) in [6, 6.07) is 4.18. The molecule has 1 aromatic heterocycles. The van der Waals surface area contributed by atoms with Crippen LogP contribution in [0.2, 0.25) is 0 Å². The molecule has 20 heavy (non-hydrogen) atoms. The Hall–Kier alpha value is -0.970. The maximum Gasteiger partial charge on any atom is 0.0828 e. The molecule has 0 radical (unpaired) electrons. The lowest BCUT2D eigenvalue weighted by Gasteiger charge is -2.26. The molecule has 2 aliphatic heterocycles. The standard InChI is InChI=1S/C16H25N3O/c1-2-8-18(7-1)13-16-14-19(9-4-10-20-16)12-15-5-3-6-17-11-15/h3,5-6,11,16H,1-2,4,7-10,12-14H2. The second kappa shape index (κ2) is 7.16. The fourth-order valence-electron chi connectivity index (χ4n) is 3.23. The van der Waals surface area contributed by atoms with Gasteiger partial charge in [-0.05, 0) is 44.0 Å². The number of hydrogen-bond acceptors (Lipinski definition) is 4. The summed E-state index contributed by atoms with van der Waals surface area (Å²) >= 11 is 0. The Kier molecular flexibility index (Phi) is 5.01. The minimum Gasteiger partial charge on any atom is -0.376 e. The van der Waals surface area contributed by atoms with Crippen LogP contribution >= 0.6 is 0 Å². The summed E-state index contributed by atoms with van der Waals surface area (Å²) in [6.07, 6.45) is 8.02. The molecule has 0 spiro atoms. The van der Waals surface area contributed by atoms with Crippen molar-refractivity contribution in [3.05, 3.63) is 30.1 Å². The largest absolute Gasteiger partial charge is 0.376 e. The van der Waals surface area contributed by atoms with Gasteiger partial charge in [-0.3, -0.25) is 9.88 Å². The van der Waals surface area contributed by atoms with Gasteiger partial charge in [0.25, 0.3) is 0 Å². The molecule has 1 aromatic rings.